The van der Waals surface area contributed by atoms with E-state index in [2.05, 4.69) is 33.0 Å². The fourth-order valence-corrected chi connectivity index (χ4v) is 1.93. The van der Waals surface area contributed by atoms with E-state index in [1.165, 1.54) is 0 Å². The molecule has 0 aliphatic heterocycles. The van der Waals surface area contributed by atoms with Gasteiger partial charge in [0, 0.05) is 28.0 Å². The predicted molar refractivity (Wildman–Crippen MR) is 66.8 cm³/mol. The smallest absolute Gasteiger partial charge is 0.0716 e. The summed E-state index contributed by atoms with van der Waals surface area (Å²) in [6, 6.07) is 10.4. The lowest BCUT2D eigenvalue weighted by atomic mass is 10.1. The highest BCUT2D eigenvalue weighted by Crippen LogP contribution is 2.18. The first kappa shape index (κ1) is 10.6. The molecular weight excluding hydrogens is 252 g/mol. The van der Waals surface area contributed by atoms with Crippen molar-refractivity contribution in [1.29, 1.82) is 0 Å². The van der Waals surface area contributed by atoms with E-state index in [9.17, 15) is 0 Å². The van der Waals surface area contributed by atoms with Gasteiger partial charge in [0.1, 0.15) is 0 Å². The third kappa shape index (κ3) is 2.55. The van der Waals surface area contributed by atoms with Crippen molar-refractivity contribution in [3.8, 4) is 0 Å². The first-order valence-electron chi connectivity index (χ1n) is 4.96. The number of benzene rings is 1. The topological polar surface area (TPSA) is 38.9 Å². The Bertz CT molecular complexity index is 480. The molecule has 1 unspecified atom stereocenters. The molecule has 0 fully saturated rings. The molecule has 2 N–H and O–H groups in total. The van der Waals surface area contributed by atoms with Gasteiger partial charge < -0.3 is 5.73 Å². The predicted octanol–water partition coefficient (Wildman–Crippen LogP) is 2.89. The number of halogens is 1. The molecule has 0 radical (unpaired) electrons. The Morgan fingerprint density at radius 3 is 2.80 bits per heavy atom. The van der Waals surface area contributed by atoms with Crippen molar-refractivity contribution >= 4 is 26.8 Å². The number of aromatic nitrogens is 1. The van der Waals surface area contributed by atoms with E-state index in [4.69, 9.17) is 5.73 Å². The summed E-state index contributed by atoms with van der Waals surface area (Å²) in [5.41, 5.74) is 7.82. The number of fused-ring (bicyclic) bond motifs is 1. The average Bonchev–Trinajstić information content (AvgIpc) is 2.16. The van der Waals surface area contributed by atoms with Gasteiger partial charge in [0.15, 0.2) is 0 Å². The van der Waals surface area contributed by atoms with Crippen LogP contribution in [0.5, 0.6) is 0 Å². The molecule has 0 bridgehead atoms. The molecule has 78 valence electrons. The van der Waals surface area contributed by atoms with Crippen LogP contribution >= 0.6 is 15.9 Å². The summed E-state index contributed by atoms with van der Waals surface area (Å²) >= 11 is 3.44. The zero-order chi connectivity index (χ0) is 10.8. The molecule has 2 nitrogen and oxygen atoms in total. The highest BCUT2D eigenvalue weighted by atomic mass is 79.9. The number of rotatable bonds is 2. The summed E-state index contributed by atoms with van der Waals surface area (Å²) in [4.78, 5) is 4.57. The van der Waals surface area contributed by atoms with E-state index in [1.807, 2.05) is 25.1 Å². The van der Waals surface area contributed by atoms with E-state index >= 15 is 0 Å². The summed E-state index contributed by atoms with van der Waals surface area (Å²) in [6.45, 7) is 1.99. The second-order valence-corrected chi connectivity index (χ2v) is 4.74. The molecule has 1 aromatic heterocycles. The molecule has 1 aromatic carbocycles. The molecule has 1 heterocycles. The zero-order valence-corrected chi connectivity index (χ0v) is 10.2. The number of pyridine rings is 1. The Hall–Kier alpha value is -0.930. The largest absolute Gasteiger partial charge is 0.328 e. The van der Waals surface area contributed by atoms with Crippen LogP contribution in [0.3, 0.4) is 0 Å². The molecule has 0 saturated carbocycles. The highest BCUT2D eigenvalue weighted by molar-refractivity contribution is 9.10. The molecule has 2 rings (SSSR count). The van der Waals surface area contributed by atoms with Crippen LogP contribution in [-0.2, 0) is 6.42 Å². The monoisotopic (exact) mass is 264 g/mol. The Morgan fingerprint density at radius 2 is 2.07 bits per heavy atom. The lowest BCUT2D eigenvalue weighted by molar-refractivity contribution is 0.724. The summed E-state index contributed by atoms with van der Waals surface area (Å²) in [7, 11) is 0. The Morgan fingerprint density at radius 1 is 1.33 bits per heavy atom. The second kappa shape index (κ2) is 4.29. The van der Waals surface area contributed by atoms with Crippen LogP contribution in [-0.4, -0.2) is 11.0 Å². The van der Waals surface area contributed by atoms with Gasteiger partial charge in [0.25, 0.3) is 0 Å². The number of hydrogen-bond acceptors (Lipinski definition) is 2. The molecule has 2 aromatic rings. The van der Waals surface area contributed by atoms with Crippen molar-refractivity contribution in [3.05, 3.63) is 40.5 Å². The maximum atomic E-state index is 5.75. The summed E-state index contributed by atoms with van der Waals surface area (Å²) < 4.78 is 1.06. The summed E-state index contributed by atoms with van der Waals surface area (Å²) in [5, 5.41) is 1.16. The molecule has 3 heteroatoms. The molecule has 0 saturated heterocycles. The quantitative estimate of drug-likeness (QED) is 0.906. The van der Waals surface area contributed by atoms with Crippen LogP contribution in [0.15, 0.2) is 34.8 Å². The lowest BCUT2D eigenvalue weighted by Gasteiger charge is -2.05. The van der Waals surface area contributed by atoms with Crippen molar-refractivity contribution in [1.82, 2.24) is 4.98 Å². The van der Waals surface area contributed by atoms with Crippen molar-refractivity contribution in [3.63, 3.8) is 0 Å². The third-order valence-electron chi connectivity index (χ3n) is 2.24. The molecule has 0 aliphatic carbocycles. The first-order chi connectivity index (χ1) is 7.15. The standard InChI is InChI=1S/C12H13BrN2/c1-8(14)6-11-5-3-9-2-4-10(13)7-12(9)15-11/h2-5,7-8H,6,14H2,1H3. The number of hydrogen-bond donors (Lipinski definition) is 1. The normalized spacial score (nSPS) is 13.0. The van der Waals surface area contributed by atoms with Gasteiger partial charge in [-0.2, -0.15) is 0 Å². The summed E-state index contributed by atoms with van der Waals surface area (Å²) in [6.07, 6.45) is 0.822. The van der Waals surface area contributed by atoms with Crippen LogP contribution in [0.2, 0.25) is 0 Å². The third-order valence-corrected chi connectivity index (χ3v) is 2.74. The van der Waals surface area contributed by atoms with E-state index in [1.54, 1.807) is 0 Å². The van der Waals surface area contributed by atoms with E-state index < -0.39 is 0 Å². The fourth-order valence-electron chi connectivity index (χ4n) is 1.58. The van der Waals surface area contributed by atoms with Gasteiger partial charge in [-0.3, -0.25) is 4.98 Å². The van der Waals surface area contributed by atoms with Gasteiger partial charge in [0.2, 0.25) is 0 Å². The van der Waals surface area contributed by atoms with Gasteiger partial charge in [0.05, 0.1) is 5.52 Å². The second-order valence-electron chi connectivity index (χ2n) is 3.82. The first-order valence-corrected chi connectivity index (χ1v) is 5.75. The van der Waals surface area contributed by atoms with Crippen LogP contribution in [0, 0.1) is 0 Å². The Kier molecular flexibility index (Phi) is 3.03. The van der Waals surface area contributed by atoms with E-state index in [0.29, 0.717) is 0 Å². The Labute approximate surface area is 97.6 Å². The molecular formula is C12H13BrN2. The molecule has 15 heavy (non-hydrogen) atoms. The van der Waals surface area contributed by atoms with E-state index in [0.717, 1.165) is 27.5 Å². The molecule has 1 atom stereocenters. The number of nitrogens with two attached hydrogens (primary N) is 1. The van der Waals surface area contributed by atoms with Crippen molar-refractivity contribution in [2.24, 2.45) is 5.73 Å². The minimum absolute atomic E-state index is 0.155. The van der Waals surface area contributed by atoms with Crippen LogP contribution < -0.4 is 5.73 Å². The van der Waals surface area contributed by atoms with E-state index in [-0.39, 0.29) is 6.04 Å². The maximum absolute atomic E-state index is 5.75. The minimum Gasteiger partial charge on any atom is -0.328 e. The highest BCUT2D eigenvalue weighted by Gasteiger charge is 2.01. The summed E-state index contributed by atoms with van der Waals surface area (Å²) in [5.74, 6) is 0. The number of nitrogens with zero attached hydrogens (tertiary/aromatic N) is 1. The van der Waals surface area contributed by atoms with Crippen molar-refractivity contribution in [2.45, 2.75) is 19.4 Å². The van der Waals surface area contributed by atoms with Crippen LogP contribution in [0.1, 0.15) is 12.6 Å². The van der Waals surface area contributed by atoms with Crippen LogP contribution in [0.25, 0.3) is 10.9 Å². The van der Waals surface area contributed by atoms with Gasteiger partial charge in [-0.15, -0.1) is 0 Å². The van der Waals surface area contributed by atoms with Crippen molar-refractivity contribution < 1.29 is 0 Å². The van der Waals surface area contributed by atoms with Gasteiger partial charge in [-0.1, -0.05) is 28.1 Å². The maximum Gasteiger partial charge on any atom is 0.0716 e. The minimum atomic E-state index is 0.155. The van der Waals surface area contributed by atoms with Crippen molar-refractivity contribution in [2.75, 3.05) is 0 Å². The SMILES string of the molecule is CC(N)Cc1ccc2ccc(Br)cc2n1. The lowest BCUT2D eigenvalue weighted by Crippen LogP contribution is -2.18. The molecule has 0 aliphatic rings. The van der Waals surface area contributed by atoms with Gasteiger partial charge >= 0.3 is 0 Å². The average molecular weight is 265 g/mol. The zero-order valence-electron chi connectivity index (χ0n) is 8.57. The Balaban J connectivity index is 2.45. The van der Waals surface area contributed by atoms with Crippen LogP contribution in [0.4, 0.5) is 0 Å². The van der Waals surface area contributed by atoms with Gasteiger partial charge in [-0.05, 0) is 25.1 Å². The molecule has 0 amide bonds. The van der Waals surface area contributed by atoms with Gasteiger partial charge in [-0.25, -0.2) is 0 Å². The fraction of sp³-hybridized carbons (Fsp3) is 0.250. The molecule has 0 spiro atoms.